The van der Waals surface area contributed by atoms with Gasteiger partial charge in [0.15, 0.2) is 0 Å². The zero-order valence-corrected chi connectivity index (χ0v) is 13.1. The van der Waals surface area contributed by atoms with E-state index in [9.17, 15) is 5.11 Å². The highest BCUT2D eigenvalue weighted by molar-refractivity contribution is 7.26. The van der Waals surface area contributed by atoms with Crippen molar-refractivity contribution in [3.05, 3.63) is 57.8 Å². The maximum atomic E-state index is 10.5. The molecule has 0 spiro atoms. The highest BCUT2D eigenvalue weighted by Crippen LogP contribution is 2.35. The van der Waals surface area contributed by atoms with Crippen LogP contribution in [0.4, 0.5) is 0 Å². The molecule has 20 heavy (non-hydrogen) atoms. The largest absolute Gasteiger partial charge is 0.383 e. The first kappa shape index (κ1) is 13.8. The van der Waals surface area contributed by atoms with Crippen molar-refractivity contribution < 1.29 is 5.11 Å². The average Bonchev–Trinajstić information content (AvgIpc) is 3.06. The number of benzene rings is 1. The minimum atomic E-state index is -0.500. The fraction of sp³-hybridized carbons (Fsp3) is 0.294. The zero-order chi connectivity index (χ0) is 13.9. The van der Waals surface area contributed by atoms with E-state index in [1.807, 2.05) is 0 Å². The second kappa shape index (κ2) is 6.08. The maximum Gasteiger partial charge on any atom is 0.113 e. The predicted molar refractivity (Wildman–Crippen MR) is 88.8 cm³/mol. The fourth-order valence-electron chi connectivity index (χ4n) is 2.33. The molecular formula is C17H18OS2. The lowest BCUT2D eigenvalue weighted by Crippen LogP contribution is -1.97. The lowest BCUT2D eigenvalue weighted by atomic mass is 10.0. The van der Waals surface area contributed by atoms with Crippen LogP contribution in [0.3, 0.4) is 0 Å². The van der Waals surface area contributed by atoms with Gasteiger partial charge in [-0.2, -0.15) is 0 Å². The van der Waals surface area contributed by atoms with Crippen LogP contribution in [-0.2, 0) is 6.42 Å². The molecule has 0 aliphatic heterocycles. The Bertz CT molecular complexity index is 650. The summed E-state index contributed by atoms with van der Waals surface area (Å²) in [6.07, 6.45) is 3.07. The summed E-state index contributed by atoms with van der Waals surface area (Å²) in [6, 6.07) is 12.6. The van der Waals surface area contributed by atoms with E-state index in [1.54, 1.807) is 22.7 Å². The molecule has 104 valence electrons. The highest BCUT2D eigenvalue weighted by atomic mass is 32.1. The molecule has 1 nitrogen and oxygen atoms in total. The smallest absolute Gasteiger partial charge is 0.113 e. The quantitative estimate of drug-likeness (QED) is 0.670. The van der Waals surface area contributed by atoms with Gasteiger partial charge >= 0.3 is 0 Å². The summed E-state index contributed by atoms with van der Waals surface area (Å²) >= 11 is 3.42. The third-order valence-corrected chi connectivity index (χ3v) is 5.69. The first-order valence-corrected chi connectivity index (χ1v) is 8.71. The Kier molecular flexibility index (Phi) is 4.20. The van der Waals surface area contributed by atoms with Crippen LogP contribution in [0.5, 0.6) is 0 Å². The molecule has 3 rings (SSSR count). The number of thiophene rings is 2. The molecule has 3 aromatic rings. The van der Waals surface area contributed by atoms with Crippen molar-refractivity contribution >= 4 is 32.1 Å². The lowest BCUT2D eigenvalue weighted by molar-refractivity contribution is 0.224. The standard InChI is InChI=1S/C17H18OS2/c1-2-3-4-12-5-7-13(8-6-12)17(18)16-11-15-14(20-16)9-10-19-15/h5-11,17-18H,2-4H2,1H3. The van der Waals surface area contributed by atoms with E-state index >= 15 is 0 Å². The molecule has 1 atom stereocenters. The normalized spacial score (nSPS) is 12.9. The summed E-state index contributed by atoms with van der Waals surface area (Å²) in [7, 11) is 0. The minimum absolute atomic E-state index is 0.500. The van der Waals surface area contributed by atoms with E-state index in [2.05, 4.69) is 48.7 Å². The van der Waals surface area contributed by atoms with Crippen LogP contribution in [0.15, 0.2) is 41.8 Å². The topological polar surface area (TPSA) is 20.2 Å². The Balaban J connectivity index is 1.79. The molecular weight excluding hydrogens is 284 g/mol. The number of hydrogen-bond donors (Lipinski definition) is 1. The predicted octanol–water partition coefficient (Wildman–Crippen LogP) is 5.39. The van der Waals surface area contributed by atoms with Crippen LogP contribution in [0.2, 0.25) is 0 Å². The number of fused-ring (bicyclic) bond motifs is 1. The van der Waals surface area contributed by atoms with Crippen LogP contribution < -0.4 is 0 Å². The second-order valence-electron chi connectivity index (χ2n) is 5.05. The molecule has 0 aliphatic carbocycles. The summed E-state index contributed by atoms with van der Waals surface area (Å²) in [5, 5.41) is 12.6. The van der Waals surface area contributed by atoms with Crippen molar-refractivity contribution in [1.82, 2.24) is 0 Å². The summed E-state index contributed by atoms with van der Waals surface area (Å²) in [5.41, 5.74) is 2.34. The van der Waals surface area contributed by atoms with E-state index in [0.29, 0.717) is 0 Å². The van der Waals surface area contributed by atoms with Crippen molar-refractivity contribution in [1.29, 1.82) is 0 Å². The third-order valence-electron chi connectivity index (χ3n) is 3.54. The van der Waals surface area contributed by atoms with Crippen molar-refractivity contribution in [2.75, 3.05) is 0 Å². The van der Waals surface area contributed by atoms with Gasteiger partial charge in [-0.3, -0.25) is 0 Å². The van der Waals surface area contributed by atoms with E-state index < -0.39 is 6.10 Å². The molecule has 0 saturated heterocycles. The Morgan fingerprint density at radius 2 is 1.90 bits per heavy atom. The molecule has 0 saturated carbocycles. The van der Waals surface area contributed by atoms with Gasteiger partial charge in [0.2, 0.25) is 0 Å². The summed E-state index contributed by atoms with van der Waals surface area (Å²) < 4.78 is 2.53. The molecule has 1 aromatic carbocycles. The third kappa shape index (κ3) is 2.80. The van der Waals surface area contributed by atoms with Crippen LogP contribution in [-0.4, -0.2) is 5.11 Å². The second-order valence-corrected chi connectivity index (χ2v) is 7.11. The van der Waals surface area contributed by atoms with Gasteiger partial charge in [0, 0.05) is 14.3 Å². The van der Waals surface area contributed by atoms with Crippen LogP contribution in [0, 0.1) is 0 Å². The molecule has 2 aromatic heterocycles. The number of aliphatic hydroxyl groups excluding tert-OH is 1. The molecule has 0 aliphatic rings. The number of aryl methyl sites for hydroxylation is 1. The van der Waals surface area contributed by atoms with E-state index in [1.165, 1.54) is 27.8 Å². The molecule has 2 heterocycles. The van der Waals surface area contributed by atoms with Gasteiger partial charge in [-0.1, -0.05) is 37.6 Å². The van der Waals surface area contributed by atoms with Gasteiger partial charge in [0.1, 0.15) is 6.10 Å². The van der Waals surface area contributed by atoms with Gasteiger partial charge in [-0.05, 0) is 41.5 Å². The summed E-state index contributed by atoms with van der Waals surface area (Å²) in [4.78, 5) is 1.04. The van der Waals surface area contributed by atoms with Crippen LogP contribution >= 0.6 is 22.7 Å². The van der Waals surface area contributed by atoms with Crippen LogP contribution in [0.25, 0.3) is 9.40 Å². The van der Waals surface area contributed by atoms with Gasteiger partial charge in [-0.15, -0.1) is 22.7 Å². The minimum Gasteiger partial charge on any atom is -0.383 e. The Morgan fingerprint density at radius 1 is 1.10 bits per heavy atom. The highest BCUT2D eigenvalue weighted by Gasteiger charge is 2.14. The van der Waals surface area contributed by atoms with E-state index in [0.717, 1.165) is 16.9 Å². The lowest BCUT2D eigenvalue weighted by Gasteiger charge is -2.09. The first-order valence-electron chi connectivity index (χ1n) is 7.02. The van der Waals surface area contributed by atoms with Crippen molar-refractivity contribution in [3.8, 4) is 0 Å². The number of aliphatic hydroxyl groups is 1. The van der Waals surface area contributed by atoms with Gasteiger partial charge < -0.3 is 5.11 Å². The average molecular weight is 302 g/mol. The SMILES string of the molecule is CCCCc1ccc(C(O)c2cc3sccc3s2)cc1. The van der Waals surface area contributed by atoms with Crippen LogP contribution in [0.1, 0.15) is 41.9 Å². The molecule has 1 unspecified atom stereocenters. The Morgan fingerprint density at radius 3 is 2.60 bits per heavy atom. The Hall–Kier alpha value is -1.16. The van der Waals surface area contributed by atoms with Gasteiger partial charge in [0.25, 0.3) is 0 Å². The molecule has 1 N–H and O–H groups in total. The molecule has 0 bridgehead atoms. The van der Waals surface area contributed by atoms with Crippen molar-refractivity contribution in [2.24, 2.45) is 0 Å². The first-order chi connectivity index (χ1) is 9.78. The van der Waals surface area contributed by atoms with E-state index in [-0.39, 0.29) is 0 Å². The van der Waals surface area contributed by atoms with Gasteiger partial charge in [0.05, 0.1) is 0 Å². The van der Waals surface area contributed by atoms with Gasteiger partial charge in [-0.25, -0.2) is 0 Å². The zero-order valence-electron chi connectivity index (χ0n) is 11.5. The molecule has 3 heteroatoms. The van der Waals surface area contributed by atoms with Crippen molar-refractivity contribution in [3.63, 3.8) is 0 Å². The summed E-state index contributed by atoms with van der Waals surface area (Å²) in [5.74, 6) is 0. The van der Waals surface area contributed by atoms with E-state index in [4.69, 9.17) is 0 Å². The fourth-order valence-corrected chi connectivity index (χ4v) is 4.46. The maximum absolute atomic E-state index is 10.5. The molecule has 0 amide bonds. The Labute approximate surface area is 127 Å². The number of rotatable bonds is 5. The summed E-state index contributed by atoms with van der Waals surface area (Å²) in [6.45, 7) is 2.21. The van der Waals surface area contributed by atoms with Crippen molar-refractivity contribution in [2.45, 2.75) is 32.3 Å². The molecule has 0 radical (unpaired) electrons. The monoisotopic (exact) mass is 302 g/mol. The number of unbranched alkanes of at least 4 members (excludes halogenated alkanes) is 1. The molecule has 0 fully saturated rings. The number of hydrogen-bond acceptors (Lipinski definition) is 3.